The maximum Gasteiger partial charge on any atom is 0.223 e. The Morgan fingerprint density at radius 2 is 1.90 bits per heavy atom. The number of anilines is 1. The molecule has 8 heteroatoms. The quantitative estimate of drug-likeness (QED) is 0.778. The Labute approximate surface area is 178 Å². The lowest BCUT2D eigenvalue weighted by Crippen LogP contribution is -2.45. The second-order valence-corrected chi connectivity index (χ2v) is 11.3. The summed E-state index contributed by atoms with van der Waals surface area (Å²) in [5.41, 5.74) is 1.16. The summed E-state index contributed by atoms with van der Waals surface area (Å²) in [5, 5.41) is 8.91. The zero-order valence-electron chi connectivity index (χ0n) is 18.9. The van der Waals surface area contributed by atoms with Gasteiger partial charge < -0.3 is 15.1 Å². The molecule has 1 aliphatic rings. The Bertz CT molecular complexity index is 808. The van der Waals surface area contributed by atoms with E-state index in [2.05, 4.69) is 63.8 Å². The Hall–Kier alpha value is -1.67. The summed E-state index contributed by atoms with van der Waals surface area (Å²) in [7, 11) is 4.14. The van der Waals surface area contributed by atoms with Crippen LogP contribution in [-0.4, -0.2) is 65.7 Å². The van der Waals surface area contributed by atoms with E-state index in [-0.39, 0.29) is 22.7 Å². The Morgan fingerprint density at radius 3 is 2.45 bits per heavy atom. The van der Waals surface area contributed by atoms with Crippen molar-refractivity contribution in [3.63, 3.8) is 0 Å². The Kier molecular flexibility index (Phi) is 6.24. The van der Waals surface area contributed by atoms with Gasteiger partial charge in [0.05, 0.1) is 11.9 Å². The first kappa shape index (κ1) is 22.0. The van der Waals surface area contributed by atoms with E-state index in [0.717, 1.165) is 48.3 Å². The molecule has 29 heavy (non-hydrogen) atoms. The third-order valence-corrected chi connectivity index (χ3v) is 6.41. The van der Waals surface area contributed by atoms with Crippen LogP contribution in [0.1, 0.15) is 53.2 Å². The first-order valence-corrected chi connectivity index (χ1v) is 11.3. The molecule has 0 radical (unpaired) electrons. The summed E-state index contributed by atoms with van der Waals surface area (Å²) in [6.45, 7) is 14.3. The number of aromatic nitrogens is 3. The summed E-state index contributed by atoms with van der Waals surface area (Å²) in [5.74, 6) is 0.290. The van der Waals surface area contributed by atoms with Gasteiger partial charge in [0, 0.05) is 37.5 Å². The van der Waals surface area contributed by atoms with Crippen molar-refractivity contribution in [1.29, 1.82) is 0 Å². The summed E-state index contributed by atoms with van der Waals surface area (Å²) in [6.07, 6.45) is 3.77. The molecule has 0 unspecified atom stereocenters. The molecule has 0 aliphatic carbocycles. The van der Waals surface area contributed by atoms with E-state index in [0.29, 0.717) is 6.54 Å². The number of imidazole rings is 1. The van der Waals surface area contributed by atoms with Crippen LogP contribution in [0.3, 0.4) is 0 Å². The number of fused-ring (bicyclic) bond motifs is 1. The number of nitrogens with zero attached hydrogens (tertiary/aromatic N) is 5. The minimum absolute atomic E-state index is 0.0282. The van der Waals surface area contributed by atoms with Gasteiger partial charge in [-0.15, -0.1) is 5.10 Å². The highest BCUT2D eigenvalue weighted by Gasteiger charge is 2.29. The van der Waals surface area contributed by atoms with Crippen molar-refractivity contribution < 1.29 is 4.79 Å². The maximum absolute atomic E-state index is 12.6. The molecule has 3 rings (SSSR count). The van der Waals surface area contributed by atoms with Crippen LogP contribution < -0.4 is 10.2 Å². The van der Waals surface area contributed by atoms with E-state index in [1.165, 1.54) is 0 Å². The fourth-order valence-corrected chi connectivity index (χ4v) is 4.83. The molecule has 0 spiro atoms. The highest BCUT2D eigenvalue weighted by molar-refractivity contribution is 7.20. The average Bonchev–Trinajstić information content (AvgIpc) is 3.17. The van der Waals surface area contributed by atoms with Gasteiger partial charge in [0.2, 0.25) is 16.0 Å². The number of hydrogen-bond donors (Lipinski definition) is 1. The Balaban J connectivity index is 1.53. The molecule has 0 atom stereocenters. The number of nitrogens with one attached hydrogen (secondary N) is 1. The van der Waals surface area contributed by atoms with Crippen LogP contribution in [0, 0.1) is 11.3 Å². The molecular formula is C21H36N6OS. The van der Waals surface area contributed by atoms with Crippen molar-refractivity contribution in [3.8, 4) is 0 Å². The fraction of sp³-hybridized carbons (Fsp3) is 0.762. The number of hydrogen-bond acceptors (Lipinski definition) is 6. The minimum Gasteiger partial charge on any atom is -0.355 e. The standard InChI is InChI=1S/C21H36N6OS/c1-20(2,3)16-12-27-18(23-16)29-19(24-27)26-10-8-15(9-11-26)17(28)22-13-21(4,5)14-25(6)7/h12,15H,8-11,13-14H2,1-7H3,(H,22,28). The van der Waals surface area contributed by atoms with Gasteiger partial charge in [0.15, 0.2) is 0 Å². The molecule has 1 amide bonds. The average molecular weight is 421 g/mol. The van der Waals surface area contributed by atoms with Crippen LogP contribution in [0.4, 0.5) is 5.13 Å². The molecule has 1 fully saturated rings. The summed E-state index contributed by atoms with van der Waals surface area (Å²) >= 11 is 1.63. The first-order chi connectivity index (χ1) is 13.4. The highest BCUT2D eigenvalue weighted by Crippen LogP contribution is 2.30. The van der Waals surface area contributed by atoms with Crippen molar-refractivity contribution in [3.05, 3.63) is 11.9 Å². The zero-order chi connectivity index (χ0) is 21.4. The molecular weight excluding hydrogens is 384 g/mol. The fourth-order valence-electron chi connectivity index (χ4n) is 3.89. The topological polar surface area (TPSA) is 65.8 Å². The van der Waals surface area contributed by atoms with Crippen LogP contribution in [0.2, 0.25) is 0 Å². The lowest BCUT2D eigenvalue weighted by Gasteiger charge is -2.32. The van der Waals surface area contributed by atoms with E-state index in [4.69, 9.17) is 10.1 Å². The maximum atomic E-state index is 12.6. The third-order valence-electron chi connectivity index (χ3n) is 5.42. The van der Waals surface area contributed by atoms with E-state index in [9.17, 15) is 4.79 Å². The van der Waals surface area contributed by atoms with Gasteiger partial charge in [-0.3, -0.25) is 4.79 Å². The zero-order valence-corrected chi connectivity index (χ0v) is 19.8. The second kappa shape index (κ2) is 8.22. The smallest absolute Gasteiger partial charge is 0.223 e. The molecule has 1 aliphatic heterocycles. The van der Waals surface area contributed by atoms with Gasteiger partial charge >= 0.3 is 0 Å². The van der Waals surface area contributed by atoms with Crippen molar-refractivity contribution in [2.24, 2.45) is 11.3 Å². The summed E-state index contributed by atoms with van der Waals surface area (Å²) < 4.78 is 1.90. The van der Waals surface area contributed by atoms with E-state index in [1.807, 2.05) is 10.7 Å². The van der Waals surface area contributed by atoms with Gasteiger partial charge in [-0.1, -0.05) is 46.0 Å². The largest absolute Gasteiger partial charge is 0.355 e. The molecule has 162 valence electrons. The lowest BCUT2D eigenvalue weighted by molar-refractivity contribution is -0.126. The third kappa shape index (κ3) is 5.48. The minimum atomic E-state index is 0.0282. The van der Waals surface area contributed by atoms with Crippen molar-refractivity contribution in [2.75, 3.05) is 45.2 Å². The van der Waals surface area contributed by atoms with Crippen molar-refractivity contribution in [2.45, 2.75) is 52.9 Å². The van der Waals surface area contributed by atoms with E-state index in [1.54, 1.807) is 11.3 Å². The second-order valence-electron chi connectivity index (χ2n) is 10.4. The predicted molar refractivity (Wildman–Crippen MR) is 120 cm³/mol. The van der Waals surface area contributed by atoms with Crippen LogP contribution >= 0.6 is 11.3 Å². The predicted octanol–water partition coefficient (Wildman–Crippen LogP) is 3.01. The number of rotatable bonds is 6. The molecule has 2 aromatic rings. The monoisotopic (exact) mass is 420 g/mol. The van der Waals surface area contributed by atoms with Crippen LogP contribution in [0.15, 0.2) is 6.20 Å². The number of carbonyl (C=O) groups is 1. The number of carbonyl (C=O) groups excluding carboxylic acids is 1. The summed E-state index contributed by atoms with van der Waals surface area (Å²) in [4.78, 5) is 22.8. The first-order valence-electron chi connectivity index (χ1n) is 10.5. The molecule has 1 N–H and O–H groups in total. The van der Waals surface area contributed by atoms with Crippen LogP contribution in [0.5, 0.6) is 0 Å². The summed E-state index contributed by atoms with van der Waals surface area (Å²) in [6, 6.07) is 0. The van der Waals surface area contributed by atoms with Crippen molar-refractivity contribution >= 4 is 27.3 Å². The molecule has 7 nitrogen and oxygen atoms in total. The van der Waals surface area contributed by atoms with Crippen LogP contribution in [-0.2, 0) is 10.2 Å². The van der Waals surface area contributed by atoms with Crippen LogP contribution in [0.25, 0.3) is 4.96 Å². The number of amides is 1. The molecule has 0 aromatic carbocycles. The molecule has 1 saturated heterocycles. The van der Waals surface area contributed by atoms with Crippen molar-refractivity contribution in [1.82, 2.24) is 24.8 Å². The van der Waals surface area contributed by atoms with Gasteiger partial charge in [-0.25, -0.2) is 9.50 Å². The Morgan fingerprint density at radius 1 is 1.24 bits per heavy atom. The van der Waals surface area contributed by atoms with E-state index >= 15 is 0 Å². The highest BCUT2D eigenvalue weighted by atomic mass is 32.1. The molecule has 0 saturated carbocycles. The molecule has 2 aromatic heterocycles. The lowest BCUT2D eigenvalue weighted by atomic mass is 9.91. The molecule has 0 bridgehead atoms. The van der Waals surface area contributed by atoms with Gasteiger partial charge in [-0.05, 0) is 32.4 Å². The van der Waals surface area contributed by atoms with Gasteiger partial charge in [0.1, 0.15) is 0 Å². The van der Waals surface area contributed by atoms with Gasteiger partial charge in [-0.2, -0.15) is 0 Å². The normalized spacial score (nSPS) is 16.8. The SMILES string of the molecule is CN(C)CC(C)(C)CNC(=O)C1CCN(c2nn3cc(C(C)(C)C)nc3s2)CC1. The van der Waals surface area contributed by atoms with E-state index < -0.39 is 0 Å². The number of piperidine rings is 1. The van der Waals surface area contributed by atoms with Gasteiger partial charge in [0.25, 0.3) is 0 Å². The molecule has 3 heterocycles.